The Hall–Kier alpha value is -2.59. The van der Waals surface area contributed by atoms with Gasteiger partial charge >= 0.3 is 0 Å². The van der Waals surface area contributed by atoms with Crippen molar-refractivity contribution < 1.29 is 9.21 Å². The predicted octanol–water partition coefficient (Wildman–Crippen LogP) is 4.04. The van der Waals surface area contributed by atoms with Crippen LogP contribution in [0.25, 0.3) is 11.0 Å². The number of nitrogens with two attached hydrogens (primary N) is 1. The van der Waals surface area contributed by atoms with Gasteiger partial charge in [0.1, 0.15) is 11.3 Å². The van der Waals surface area contributed by atoms with E-state index >= 15 is 0 Å². The molecule has 1 amide bonds. The van der Waals surface area contributed by atoms with E-state index in [9.17, 15) is 4.79 Å². The third kappa shape index (κ3) is 3.34. The van der Waals surface area contributed by atoms with Crippen molar-refractivity contribution in [3.05, 3.63) is 72.0 Å². The lowest BCUT2D eigenvalue weighted by molar-refractivity contribution is -0.132. The molecule has 2 N–H and O–H groups in total. The maximum absolute atomic E-state index is 12.6. The van der Waals surface area contributed by atoms with Crippen molar-refractivity contribution in [3.8, 4) is 0 Å². The predicted molar refractivity (Wildman–Crippen MR) is 95.4 cm³/mol. The highest BCUT2D eigenvalue weighted by molar-refractivity contribution is 5.79. The second-order valence-electron chi connectivity index (χ2n) is 6.09. The molecule has 0 aliphatic rings. The first-order valence-electron chi connectivity index (χ1n) is 8.11. The molecular weight excluding hydrogens is 300 g/mol. The molecule has 2 atom stereocenters. The van der Waals surface area contributed by atoms with E-state index in [4.69, 9.17) is 10.2 Å². The lowest BCUT2D eigenvalue weighted by Gasteiger charge is -2.25. The molecule has 1 heterocycles. The first-order chi connectivity index (χ1) is 11.6. The average molecular weight is 322 g/mol. The maximum Gasteiger partial charge on any atom is 0.224 e. The maximum atomic E-state index is 12.6. The van der Waals surface area contributed by atoms with E-state index in [1.54, 1.807) is 11.9 Å². The molecule has 124 valence electrons. The molecule has 4 nitrogen and oxygen atoms in total. The van der Waals surface area contributed by atoms with Gasteiger partial charge in [-0.05, 0) is 24.6 Å². The Morgan fingerprint density at radius 3 is 2.50 bits per heavy atom. The molecule has 2 unspecified atom stereocenters. The summed E-state index contributed by atoms with van der Waals surface area (Å²) in [7, 11) is 1.79. The van der Waals surface area contributed by atoms with Crippen molar-refractivity contribution in [2.45, 2.75) is 25.4 Å². The minimum Gasteiger partial charge on any atom is -0.459 e. The highest BCUT2D eigenvalue weighted by atomic mass is 16.3. The molecule has 24 heavy (non-hydrogen) atoms. The number of hydrogen-bond donors (Lipinski definition) is 1. The van der Waals surface area contributed by atoms with E-state index in [0.29, 0.717) is 0 Å². The molecule has 2 aromatic carbocycles. The second-order valence-corrected chi connectivity index (χ2v) is 6.09. The summed E-state index contributed by atoms with van der Waals surface area (Å²) in [6.07, 6.45) is 0.269. The summed E-state index contributed by atoms with van der Waals surface area (Å²) in [6.45, 7) is 1.96. The summed E-state index contributed by atoms with van der Waals surface area (Å²) in [5.41, 5.74) is 7.97. The molecule has 4 heteroatoms. The lowest BCUT2D eigenvalue weighted by atomic mass is 10.0. The van der Waals surface area contributed by atoms with Crippen molar-refractivity contribution in [1.29, 1.82) is 0 Å². The quantitative estimate of drug-likeness (QED) is 0.771. The van der Waals surface area contributed by atoms with Crippen LogP contribution in [0, 0.1) is 0 Å². The molecule has 0 saturated carbocycles. The van der Waals surface area contributed by atoms with Crippen LogP contribution in [0.1, 0.15) is 36.8 Å². The fraction of sp³-hybridized carbons (Fsp3) is 0.250. The molecule has 0 saturated heterocycles. The first kappa shape index (κ1) is 16.3. The van der Waals surface area contributed by atoms with Gasteiger partial charge in [-0.2, -0.15) is 0 Å². The van der Waals surface area contributed by atoms with Crippen LogP contribution < -0.4 is 5.73 Å². The van der Waals surface area contributed by atoms with Crippen molar-refractivity contribution in [1.82, 2.24) is 4.90 Å². The van der Waals surface area contributed by atoms with Crippen LogP contribution in [0.3, 0.4) is 0 Å². The van der Waals surface area contributed by atoms with Gasteiger partial charge in [0.25, 0.3) is 0 Å². The number of carbonyl (C=O) groups excluding carboxylic acids is 1. The Balaban J connectivity index is 1.70. The summed E-state index contributed by atoms with van der Waals surface area (Å²) in [5, 5.41) is 1.04. The van der Waals surface area contributed by atoms with Gasteiger partial charge in [0.15, 0.2) is 0 Å². The molecule has 0 aliphatic carbocycles. The second kappa shape index (κ2) is 6.89. The van der Waals surface area contributed by atoms with Crippen LogP contribution in [-0.4, -0.2) is 17.9 Å². The number of benzene rings is 2. The zero-order valence-electron chi connectivity index (χ0n) is 14.0. The van der Waals surface area contributed by atoms with Crippen LogP contribution in [0.5, 0.6) is 0 Å². The Bertz CT molecular complexity index is 793. The fourth-order valence-corrected chi connectivity index (χ4v) is 2.77. The zero-order chi connectivity index (χ0) is 17.1. The number of fused-ring (bicyclic) bond motifs is 1. The molecular formula is C20H22N2O2. The number of rotatable bonds is 5. The van der Waals surface area contributed by atoms with Gasteiger partial charge in [0.05, 0.1) is 6.04 Å². The topological polar surface area (TPSA) is 59.5 Å². The summed E-state index contributed by atoms with van der Waals surface area (Å²) < 4.78 is 5.87. The van der Waals surface area contributed by atoms with Crippen molar-refractivity contribution >= 4 is 16.9 Å². The first-order valence-corrected chi connectivity index (χ1v) is 8.11. The Morgan fingerprint density at radius 1 is 1.12 bits per heavy atom. The van der Waals surface area contributed by atoms with E-state index in [1.165, 1.54) is 0 Å². The van der Waals surface area contributed by atoms with Gasteiger partial charge < -0.3 is 15.1 Å². The Morgan fingerprint density at radius 2 is 1.79 bits per heavy atom. The van der Waals surface area contributed by atoms with Gasteiger partial charge in [0.2, 0.25) is 5.91 Å². The van der Waals surface area contributed by atoms with Gasteiger partial charge in [-0.15, -0.1) is 0 Å². The number of carbonyl (C=O) groups is 1. The van der Waals surface area contributed by atoms with Crippen LogP contribution >= 0.6 is 0 Å². The molecule has 0 bridgehead atoms. The highest BCUT2D eigenvalue weighted by Crippen LogP contribution is 2.27. The number of nitrogens with zero attached hydrogens (tertiary/aromatic N) is 1. The molecule has 0 fully saturated rings. The third-order valence-electron chi connectivity index (χ3n) is 4.45. The number of furan rings is 1. The molecule has 1 aromatic heterocycles. The minimum atomic E-state index is -0.302. The average Bonchev–Trinajstić information content (AvgIpc) is 3.05. The van der Waals surface area contributed by atoms with Gasteiger partial charge in [0, 0.05) is 24.9 Å². The smallest absolute Gasteiger partial charge is 0.224 e. The molecule has 0 radical (unpaired) electrons. The van der Waals surface area contributed by atoms with Crippen molar-refractivity contribution in [2.24, 2.45) is 5.73 Å². The van der Waals surface area contributed by atoms with E-state index in [2.05, 4.69) is 0 Å². The van der Waals surface area contributed by atoms with Gasteiger partial charge in [-0.25, -0.2) is 0 Å². The summed E-state index contributed by atoms with van der Waals surface area (Å²) in [6, 6.07) is 19.1. The molecule has 0 spiro atoms. The standard InChI is InChI=1S/C20H22N2O2/c1-14(19-12-16-10-6-7-11-18(16)24-19)22(2)20(23)13-17(21)15-8-4-3-5-9-15/h3-12,14,17H,13,21H2,1-2H3. The zero-order valence-corrected chi connectivity index (χ0v) is 14.0. The van der Waals surface area contributed by atoms with Crippen LogP contribution in [0.2, 0.25) is 0 Å². The van der Waals surface area contributed by atoms with E-state index in [-0.39, 0.29) is 24.4 Å². The normalized spacial score (nSPS) is 13.6. The highest BCUT2D eigenvalue weighted by Gasteiger charge is 2.22. The van der Waals surface area contributed by atoms with E-state index < -0.39 is 0 Å². The monoisotopic (exact) mass is 322 g/mol. The summed E-state index contributed by atoms with van der Waals surface area (Å²) in [4.78, 5) is 14.3. The van der Waals surface area contributed by atoms with Crippen molar-refractivity contribution in [2.75, 3.05) is 7.05 Å². The molecule has 0 aliphatic heterocycles. The Labute approximate surface area is 141 Å². The fourth-order valence-electron chi connectivity index (χ4n) is 2.77. The van der Waals surface area contributed by atoms with Gasteiger partial charge in [-0.1, -0.05) is 48.5 Å². The number of hydrogen-bond acceptors (Lipinski definition) is 3. The largest absolute Gasteiger partial charge is 0.459 e. The van der Waals surface area contributed by atoms with Crippen LogP contribution in [0.4, 0.5) is 0 Å². The molecule has 3 rings (SSSR count). The number of amides is 1. The van der Waals surface area contributed by atoms with E-state index in [0.717, 1.165) is 22.3 Å². The van der Waals surface area contributed by atoms with Crippen LogP contribution in [0.15, 0.2) is 65.1 Å². The van der Waals surface area contributed by atoms with Crippen LogP contribution in [-0.2, 0) is 4.79 Å². The SMILES string of the molecule is CC(c1cc2ccccc2o1)N(C)C(=O)CC(N)c1ccccc1. The molecule has 3 aromatic rings. The Kier molecular flexibility index (Phi) is 4.67. The summed E-state index contributed by atoms with van der Waals surface area (Å²) in [5.74, 6) is 0.777. The summed E-state index contributed by atoms with van der Waals surface area (Å²) >= 11 is 0. The van der Waals surface area contributed by atoms with Gasteiger partial charge in [-0.3, -0.25) is 4.79 Å². The van der Waals surface area contributed by atoms with Crippen molar-refractivity contribution in [3.63, 3.8) is 0 Å². The lowest BCUT2D eigenvalue weighted by Crippen LogP contribution is -2.32. The third-order valence-corrected chi connectivity index (χ3v) is 4.45. The minimum absolute atomic E-state index is 0.000640. The van der Waals surface area contributed by atoms with E-state index in [1.807, 2.05) is 67.6 Å². The number of para-hydroxylation sites is 1.